The molecule has 0 aromatic heterocycles. The van der Waals surface area contributed by atoms with Crippen LogP contribution in [0.25, 0.3) is 12.2 Å². The van der Waals surface area contributed by atoms with Crippen LogP contribution in [0.5, 0.6) is 0 Å². The van der Waals surface area contributed by atoms with Crippen LogP contribution < -0.4 is 0 Å². The van der Waals surface area contributed by atoms with Crippen molar-refractivity contribution in [3.8, 4) is 0 Å². The van der Waals surface area contributed by atoms with Gasteiger partial charge < -0.3 is 4.74 Å². The fraction of sp³-hybridized carbons (Fsp3) is 0.0556. The van der Waals surface area contributed by atoms with Crippen molar-refractivity contribution in [2.45, 2.75) is 0 Å². The van der Waals surface area contributed by atoms with Crippen LogP contribution in [0.15, 0.2) is 60.7 Å². The lowest BCUT2D eigenvalue weighted by molar-refractivity contribution is -0.136. The number of hydrogen-bond acceptors (Lipinski definition) is 2. The molecule has 4 heteroatoms. The molecule has 112 valence electrons. The summed E-state index contributed by atoms with van der Waals surface area (Å²) in [7, 11) is 0. The molecule has 0 fully saturated rings. The summed E-state index contributed by atoms with van der Waals surface area (Å²) in [5, 5.41) is 1.32. The summed E-state index contributed by atoms with van der Waals surface area (Å²) < 4.78 is 5.07. The average Bonchev–Trinajstić information content (AvgIpc) is 2.52. The molecular weight excluding hydrogens is 319 g/mol. The number of esters is 1. The van der Waals surface area contributed by atoms with Gasteiger partial charge in [-0.3, -0.25) is 0 Å². The first-order chi connectivity index (χ1) is 10.6. The molecule has 0 heterocycles. The van der Waals surface area contributed by atoms with E-state index in [-0.39, 0.29) is 6.61 Å². The summed E-state index contributed by atoms with van der Waals surface area (Å²) >= 11 is 11.8. The third-order valence-corrected chi connectivity index (χ3v) is 3.40. The third kappa shape index (κ3) is 5.40. The van der Waals surface area contributed by atoms with Crippen molar-refractivity contribution in [1.29, 1.82) is 0 Å². The topological polar surface area (TPSA) is 26.3 Å². The van der Waals surface area contributed by atoms with E-state index < -0.39 is 5.97 Å². The number of benzene rings is 2. The van der Waals surface area contributed by atoms with Crippen molar-refractivity contribution in [1.82, 2.24) is 0 Å². The molecule has 0 N–H and O–H groups in total. The Kier molecular flexibility index (Phi) is 6.26. The van der Waals surface area contributed by atoms with Crippen LogP contribution in [0, 0.1) is 0 Å². The highest BCUT2D eigenvalue weighted by Crippen LogP contribution is 2.16. The van der Waals surface area contributed by atoms with E-state index in [0.717, 1.165) is 11.1 Å². The van der Waals surface area contributed by atoms with Crippen molar-refractivity contribution < 1.29 is 9.53 Å². The van der Waals surface area contributed by atoms with E-state index in [1.165, 1.54) is 6.08 Å². The van der Waals surface area contributed by atoms with Gasteiger partial charge in [-0.25, -0.2) is 4.79 Å². The molecule has 2 aromatic rings. The smallest absolute Gasteiger partial charge is 0.331 e. The lowest BCUT2D eigenvalue weighted by atomic mass is 10.2. The fourth-order valence-electron chi connectivity index (χ4n) is 1.70. The second kappa shape index (κ2) is 8.42. The van der Waals surface area contributed by atoms with Crippen LogP contribution in [0.3, 0.4) is 0 Å². The molecular formula is C18H14Cl2O2. The largest absolute Gasteiger partial charge is 0.458 e. The maximum atomic E-state index is 11.6. The monoisotopic (exact) mass is 332 g/mol. The van der Waals surface area contributed by atoms with Gasteiger partial charge in [-0.15, -0.1) is 0 Å². The number of ether oxygens (including phenoxy) is 1. The van der Waals surface area contributed by atoms with Gasteiger partial charge in [0.15, 0.2) is 0 Å². The van der Waals surface area contributed by atoms with E-state index >= 15 is 0 Å². The molecule has 2 aromatic carbocycles. The fourth-order valence-corrected chi connectivity index (χ4v) is 2.03. The average molecular weight is 333 g/mol. The molecule has 0 saturated carbocycles. The molecule has 0 spiro atoms. The van der Waals surface area contributed by atoms with Crippen molar-refractivity contribution in [2.24, 2.45) is 0 Å². The van der Waals surface area contributed by atoms with Gasteiger partial charge in [0.1, 0.15) is 6.61 Å². The van der Waals surface area contributed by atoms with Crippen LogP contribution in [0.4, 0.5) is 0 Å². The van der Waals surface area contributed by atoms with Gasteiger partial charge in [-0.05, 0) is 41.5 Å². The summed E-state index contributed by atoms with van der Waals surface area (Å²) in [6, 6.07) is 14.6. The Morgan fingerprint density at radius 1 is 1.00 bits per heavy atom. The zero-order valence-electron chi connectivity index (χ0n) is 11.7. The molecule has 0 bridgehead atoms. The number of carbonyl (C=O) groups excluding carboxylic acids is 1. The van der Waals surface area contributed by atoms with Gasteiger partial charge >= 0.3 is 5.97 Å². The summed E-state index contributed by atoms with van der Waals surface area (Å²) in [4.78, 5) is 11.6. The zero-order valence-corrected chi connectivity index (χ0v) is 13.2. The minimum absolute atomic E-state index is 0.189. The molecule has 0 radical (unpaired) electrons. The van der Waals surface area contributed by atoms with Crippen LogP contribution in [-0.4, -0.2) is 12.6 Å². The van der Waals surface area contributed by atoms with Gasteiger partial charge in [-0.2, -0.15) is 0 Å². The first-order valence-electron chi connectivity index (χ1n) is 6.66. The maximum absolute atomic E-state index is 11.6. The Labute approximate surface area is 139 Å². The van der Waals surface area contributed by atoms with Crippen LogP contribution >= 0.6 is 23.2 Å². The summed E-state index contributed by atoms with van der Waals surface area (Å²) in [6.45, 7) is 0.189. The predicted molar refractivity (Wildman–Crippen MR) is 91.9 cm³/mol. The minimum atomic E-state index is -0.404. The highest BCUT2D eigenvalue weighted by Gasteiger charge is 1.96. The Morgan fingerprint density at radius 3 is 2.45 bits per heavy atom. The highest BCUT2D eigenvalue weighted by atomic mass is 35.5. The molecule has 0 aliphatic carbocycles. The molecule has 0 aliphatic heterocycles. The van der Waals surface area contributed by atoms with E-state index in [1.807, 2.05) is 42.5 Å². The molecule has 2 rings (SSSR count). The van der Waals surface area contributed by atoms with Crippen LogP contribution in [0.2, 0.25) is 10.0 Å². The Hall–Kier alpha value is -2.03. The van der Waals surface area contributed by atoms with E-state index in [9.17, 15) is 4.79 Å². The van der Waals surface area contributed by atoms with Crippen molar-refractivity contribution in [2.75, 3.05) is 6.61 Å². The summed E-state index contributed by atoms with van der Waals surface area (Å²) in [5.41, 5.74) is 1.77. The molecule has 0 atom stereocenters. The lowest BCUT2D eigenvalue weighted by Crippen LogP contribution is -1.99. The first-order valence-corrected chi connectivity index (χ1v) is 7.42. The molecule has 0 saturated heterocycles. The quantitative estimate of drug-likeness (QED) is 0.551. The second-order valence-corrected chi connectivity index (χ2v) is 5.28. The Bertz CT molecular complexity index is 688. The zero-order chi connectivity index (χ0) is 15.8. The number of hydrogen-bond donors (Lipinski definition) is 0. The van der Waals surface area contributed by atoms with Gasteiger partial charge in [0, 0.05) is 16.1 Å². The highest BCUT2D eigenvalue weighted by molar-refractivity contribution is 6.32. The second-order valence-electron chi connectivity index (χ2n) is 4.44. The molecule has 0 unspecified atom stereocenters. The van der Waals surface area contributed by atoms with Gasteiger partial charge in [0.2, 0.25) is 0 Å². The summed E-state index contributed by atoms with van der Waals surface area (Å²) in [5.74, 6) is -0.404. The molecule has 0 aliphatic rings. The number of rotatable bonds is 5. The molecule has 0 amide bonds. The van der Waals surface area contributed by atoms with Gasteiger partial charge in [-0.1, -0.05) is 59.6 Å². The van der Waals surface area contributed by atoms with E-state index in [4.69, 9.17) is 27.9 Å². The Balaban J connectivity index is 1.80. The van der Waals surface area contributed by atoms with Crippen LogP contribution in [-0.2, 0) is 9.53 Å². The number of carbonyl (C=O) groups is 1. The van der Waals surface area contributed by atoms with Crippen LogP contribution in [0.1, 0.15) is 11.1 Å². The Morgan fingerprint density at radius 2 is 1.73 bits per heavy atom. The van der Waals surface area contributed by atoms with E-state index in [2.05, 4.69) is 0 Å². The standard InChI is InChI=1S/C18H14Cl2O2/c19-16-10-7-14(8-11-16)9-12-18(21)22-13-3-5-15-4-1-2-6-17(15)20/h1-12H,13H2/b5-3+,12-9+. The predicted octanol–water partition coefficient (Wildman–Crippen LogP) is 5.26. The summed E-state index contributed by atoms with van der Waals surface area (Å²) in [6.07, 6.45) is 6.62. The lowest BCUT2D eigenvalue weighted by Gasteiger charge is -1.98. The van der Waals surface area contributed by atoms with Gasteiger partial charge in [0.05, 0.1) is 0 Å². The van der Waals surface area contributed by atoms with Gasteiger partial charge in [0.25, 0.3) is 0 Å². The third-order valence-electron chi connectivity index (χ3n) is 2.81. The molecule has 22 heavy (non-hydrogen) atoms. The van der Waals surface area contributed by atoms with Crippen molar-refractivity contribution in [3.63, 3.8) is 0 Å². The maximum Gasteiger partial charge on any atom is 0.331 e. The first kappa shape index (κ1) is 16.3. The van der Waals surface area contributed by atoms with E-state index in [1.54, 1.807) is 24.3 Å². The normalized spacial score (nSPS) is 11.2. The number of halogens is 2. The van der Waals surface area contributed by atoms with Crippen molar-refractivity contribution >= 4 is 41.3 Å². The van der Waals surface area contributed by atoms with Crippen molar-refractivity contribution in [3.05, 3.63) is 81.9 Å². The molecule has 2 nitrogen and oxygen atoms in total. The van der Waals surface area contributed by atoms with E-state index in [0.29, 0.717) is 10.0 Å². The SMILES string of the molecule is O=C(/C=C/c1ccc(Cl)cc1)OC/C=C/c1ccccc1Cl. The minimum Gasteiger partial charge on any atom is -0.458 e.